The summed E-state index contributed by atoms with van der Waals surface area (Å²) in [4.78, 5) is 0. The number of hydrogen-bond donors (Lipinski definition) is 1. The second-order valence-electron chi connectivity index (χ2n) is 4.15. The summed E-state index contributed by atoms with van der Waals surface area (Å²) in [5, 5.41) is 16.8. The van der Waals surface area contributed by atoms with Gasteiger partial charge >= 0.3 is 0 Å². The summed E-state index contributed by atoms with van der Waals surface area (Å²) in [5.41, 5.74) is 0.979. The molecule has 4 heteroatoms. The summed E-state index contributed by atoms with van der Waals surface area (Å²) in [6, 6.07) is 0. The van der Waals surface area contributed by atoms with Gasteiger partial charge in [-0.15, -0.1) is 5.10 Å². The molecule has 1 aromatic rings. The minimum Gasteiger partial charge on any atom is -0.396 e. The van der Waals surface area contributed by atoms with Crippen LogP contribution in [0.25, 0.3) is 0 Å². The molecule has 0 aromatic carbocycles. The Morgan fingerprint density at radius 2 is 2.33 bits per heavy atom. The highest BCUT2D eigenvalue weighted by Gasteiger charge is 2.04. The molecule has 0 saturated carbocycles. The molecule has 15 heavy (non-hydrogen) atoms. The second kappa shape index (κ2) is 6.56. The minimum absolute atomic E-state index is 0.221. The lowest BCUT2D eigenvalue weighted by Gasteiger charge is -2.08. The highest BCUT2D eigenvalue weighted by molar-refractivity contribution is 4.92. The molecule has 4 nitrogen and oxygen atoms in total. The number of aromatic nitrogens is 3. The predicted octanol–water partition coefficient (Wildman–Crippen LogP) is 1.64. The maximum atomic E-state index is 8.69. The molecule has 0 fully saturated rings. The average Bonchev–Trinajstić information content (AvgIpc) is 2.63. The Bertz CT molecular complexity index is 273. The van der Waals surface area contributed by atoms with Crippen LogP contribution in [-0.2, 0) is 13.0 Å². The summed E-state index contributed by atoms with van der Waals surface area (Å²) >= 11 is 0. The van der Waals surface area contributed by atoms with Crippen molar-refractivity contribution in [1.82, 2.24) is 15.0 Å². The largest absolute Gasteiger partial charge is 0.396 e. The van der Waals surface area contributed by atoms with Crippen molar-refractivity contribution in [3.63, 3.8) is 0 Å². The molecule has 1 atom stereocenters. The lowest BCUT2D eigenvalue weighted by molar-refractivity contribution is 0.288. The smallest absolute Gasteiger partial charge is 0.0828 e. The van der Waals surface area contributed by atoms with Crippen LogP contribution in [0.4, 0.5) is 0 Å². The Kier molecular flexibility index (Phi) is 5.32. The zero-order chi connectivity index (χ0) is 11.1. The van der Waals surface area contributed by atoms with E-state index in [4.69, 9.17) is 5.11 Å². The van der Waals surface area contributed by atoms with Crippen LogP contribution >= 0.6 is 0 Å². The molecule has 0 saturated heterocycles. The van der Waals surface area contributed by atoms with Crippen molar-refractivity contribution in [3.8, 4) is 0 Å². The van der Waals surface area contributed by atoms with Gasteiger partial charge in [0.1, 0.15) is 0 Å². The molecule has 0 aliphatic heterocycles. The SMILES string of the molecule is CCCC(C)Cn1cc(CCCO)nn1. The Morgan fingerprint density at radius 1 is 1.53 bits per heavy atom. The summed E-state index contributed by atoms with van der Waals surface area (Å²) < 4.78 is 1.91. The van der Waals surface area contributed by atoms with Crippen LogP contribution in [0.5, 0.6) is 0 Å². The number of hydrogen-bond acceptors (Lipinski definition) is 3. The normalized spacial score (nSPS) is 13.0. The fourth-order valence-electron chi connectivity index (χ4n) is 1.71. The fraction of sp³-hybridized carbons (Fsp3) is 0.818. The van der Waals surface area contributed by atoms with Crippen molar-refractivity contribution >= 4 is 0 Å². The van der Waals surface area contributed by atoms with Gasteiger partial charge < -0.3 is 5.11 Å². The van der Waals surface area contributed by atoms with Gasteiger partial charge in [-0.2, -0.15) is 0 Å². The number of aliphatic hydroxyl groups is 1. The van der Waals surface area contributed by atoms with Gasteiger partial charge in [0, 0.05) is 19.3 Å². The van der Waals surface area contributed by atoms with Crippen molar-refractivity contribution in [2.24, 2.45) is 5.92 Å². The molecule has 0 aliphatic rings. The van der Waals surface area contributed by atoms with E-state index >= 15 is 0 Å². The molecule has 1 rings (SSSR count). The third kappa shape index (κ3) is 4.42. The van der Waals surface area contributed by atoms with Gasteiger partial charge in [0.05, 0.1) is 5.69 Å². The van der Waals surface area contributed by atoms with Crippen molar-refractivity contribution < 1.29 is 5.11 Å². The Labute approximate surface area is 91.3 Å². The standard InChI is InChI=1S/C11H21N3O/c1-3-5-10(2)8-14-9-11(12-13-14)6-4-7-15/h9-10,15H,3-8H2,1-2H3. The van der Waals surface area contributed by atoms with E-state index in [9.17, 15) is 0 Å². The predicted molar refractivity (Wildman–Crippen MR) is 59.5 cm³/mol. The molecule has 86 valence electrons. The van der Waals surface area contributed by atoms with Gasteiger partial charge in [-0.05, 0) is 25.2 Å². The third-order valence-corrected chi connectivity index (χ3v) is 2.46. The molecule has 0 amide bonds. The first-order valence-electron chi connectivity index (χ1n) is 5.76. The third-order valence-electron chi connectivity index (χ3n) is 2.46. The van der Waals surface area contributed by atoms with Gasteiger partial charge in [-0.3, -0.25) is 4.68 Å². The van der Waals surface area contributed by atoms with E-state index in [1.165, 1.54) is 12.8 Å². The molecule has 1 aromatic heterocycles. The first kappa shape index (κ1) is 12.2. The lowest BCUT2D eigenvalue weighted by atomic mass is 10.1. The molecule has 0 radical (unpaired) electrons. The van der Waals surface area contributed by atoms with Crippen LogP contribution in [0.15, 0.2) is 6.20 Å². The van der Waals surface area contributed by atoms with Crippen LogP contribution in [0.2, 0.25) is 0 Å². The molecule has 1 unspecified atom stereocenters. The fourth-order valence-corrected chi connectivity index (χ4v) is 1.71. The monoisotopic (exact) mass is 211 g/mol. The molecule has 1 heterocycles. The average molecular weight is 211 g/mol. The Hall–Kier alpha value is -0.900. The van der Waals surface area contributed by atoms with Crippen LogP contribution in [-0.4, -0.2) is 26.7 Å². The summed E-state index contributed by atoms with van der Waals surface area (Å²) in [7, 11) is 0. The molecule has 1 N–H and O–H groups in total. The lowest BCUT2D eigenvalue weighted by Crippen LogP contribution is -2.07. The number of rotatable bonds is 7. The Morgan fingerprint density at radius 3 is 3.00 bits per heavy atom. The maximum Gasteiger partial charge on any atom is 0.0828 e. The zero-order valence-corrected chi connectivity index (χ0v) is 9.69. The van der Waals surface area contributed by atoms with E-state index in [2.05, 4.69) is 24.2 Å². The van der Waals surface area contributed by atoms with Crippen LogP contribution in [0.1, 0.15) is 38.8 Å². The van der Waals surface area contributed by atoms with E-state index in [1.54, 1.807) is 0 Å². The van der Waals surface area contributed by atoms with E-state index in [0.717, 1.165) is 25.1 Å². The molecule has 0 spiro atoms. The molecular weight excluding hydrogens is 190 g/mol. The number of aliphatic hydroxyl groups excluding tert-OH is 1. The van der Waals surface area contributed by atoms with Crippen LogP contribution in [0, 0.1) is 5.92 Å². The van der Waals surface area contributed by atoms with Crippen molar-refractivity contribution in [2.45, 2.75) is 46.1 Å². The van der Waals surface area contributed by atoms with Gasteiger partial charge in [-0.25, -0.2) is 0 Å². The molecular formula is C11H21N3O. The topological polar surface area (TPSA) is 50.9 Å². The van der Waals surface area contributed by atoms with E-state index in [-0.39, 0.29) is 6.61 Å². The molecule has 0 aliphatic carbocycles. The second-order valence-corrected chi connectivity index (χ2v) is 4.15. The van der Waals surface area contributed by atoms with Gasteiger partial charge in [0.15, 0.2) is 0 Å². The molecule has 0 bridgehead atoms. The quantitative estimate of drug-likeness (QED) is 0.746. The number of nitrogens with zero attached hydrogens (tertiary/aromatic N) is 3. The highest BCUT2D eigenvalue weighted by Crippen LogP contribution is 2.08. The maximum absolute atomic E-state index is 8.69. The van der Waals surface area contributed by atoms with Crippen LogP contribution < -0.4 is 0 Å². The highest BCUT2D eigenvalue weighted by atomic mass is 16.2. The summed E-state index contributed by atoms with van der Waals surface area (Å²) in [6.07, 6.45) is 6.02. The minimum atomic E-state index is 0.221. The summed E-state index contributed by atoms with van der Waals surface area (Å²) in [5.74, 6) is 0.655. The Balaban J connectivity index is 2.38. The number of aryl methyl sites for hydroxylation is 1. The van der Waals surface area contributed by atoms with Crippen LogP contribution in [0.3, 0.4) is 0 Å². The van der Waals surface area contributed by atoms with Gasteiger partial charge in [-0.1, -0.05) is 25.5 Å². The van der Waals surface area contributed by atoms with Crippen molar-refractivity contribution in [3.05, 3.63) is 11.9 Å². The first-order valence-corrected chi connectivity index (χ1v) is 5.76. The zero-order valence-electron chi connectivity index (χ0n) is 9.69. The van der Waals surface area contributed by atoms with Gasteiger partial charge in [0.2, 0.25) is 0 Å². The van der Waals surface area contributed by atoms with Crippen molar-refractivity contribution in [2.75, 3.05) is 6.61 Å². The first-order chi connectivity index (χ1) is 7.26. The van der Waals surface area contributed by atoms with Gasteiger partial charge in [0.25, 0.3) is 0 Å². The van der Waals surface area contributed by atoms with E-state index in [1.807, 2.05) is 10.9 Å². The van der Waals surface area contributed by atoms with E-state index < -0.39 is 0 Å². The summed E-state index contributed by atoms with van der Waals surface area (Å²) in [6.45, 7) is 5.60. The van der Waals surface area contributed by atoms with Crippen molar-refractivity contribution in [1.29, 1.82) is 0 Å². The van der Waals surface area contributed by atoms with E-state index in [0.29, 0.717) is 5.92 Å².